The van der Waals surface area contributed by atoms with E-state index in [0.29, 0.717) is 40.8 Å². The van der Waals surface area contributed by atoms with Gasteiger partial charge in [0.2, 0.25) is 0 Å². The SMILES string of the molecule is CCOc1ccccc1N1C(=O)C(Cl)=C(Nc2ccc(C(=O)Oc3ccc(OC)cc3)cc2)C1=O. The predicted molar refractivity (Wildman–Crippen MR) is 131 cm³/mol. The third-order valence-corrected chi connectivity index (χ3v) is 5.44. The van der Waals surface area contributed by atoms with Crippen LogP contribution in [-0.4, -0.2) is 31.5 Å². The van der Waals surface area contributed by atoms with Gasteiger partial charge in [0.1, 0.15) is 28.0 Å². The van der Waals surface area contributed by atoms with E-state index in [4.69, 9.17) is 25.8 Å². The summed E-state index contributed by atoms with van der Waals surface area (Å²) in [6, 6.07) is 19.6. The summed E-state index contributed by atoms with van der Waals surface area (Å²) in [4.78, 5) is 39.3. The van der Waals surface area contributed by atoms with Crippen molar-refractivity contribution in [2.24, 2.45) is 0 Å². The summed E-state index contributed by atoms with van der Waals surface area (Å²) in [7, 11) is 1.55. The Morgan fingerprint density at radius 1 is 0.914 bits per heavy atom. The number of para-hydroxylation sites is 2. The largest absolute Gasteiger partial charge is 0.497 e. The zero-order valence-electron chi connectivity index (χ0n) is 18.9. The summed E-state index contributed by atoms with van der Waals surface area (Å²) in [5.41, 5.74) is 0.986. The van der Waals surface area contributed by atoms with E-state index >= 15 is 0 Å². The number of rotatable bonds is 8. The Balaban J connectivity index is 1.47. The second-order valence-electron chi connectivity index (χ2n) is 7.30. The number of methoxy groups -OCH3 is 1. The number of esters is 1. The van der Waals surface area contributed by atoms with Crippen molar-refractivity contribution in [2.45, 2.75) is 6.92 Å². The van der Waals surface area contributed by atoms with E-state index in [-0.39, 0.29) is 10.7 Å². The molecule has 0 saturated carbocycles. The highest BCUT2D eigenvalue weighted by atomic mass is 35.5. The number of carbonyl (C=O) groups is 3. The van der Waals surface area contributed by atoms with Crippen LogP contribution in [0.3, 0.4) is 0 Å². The number of carbonyl (C=O) groups excluding carboxylic acids is 3. The molecule has 1 N–H and O–H groups in total. The lowest BCUT2D eigenvalue weighted by Crippen LogP contribution is -2.32. The predicted octanol–water partition coefficient (Wildman–Crippen LogP) is 4.75. The van der Waals surface area contributed by atoms with Gasteiger partial charge in [-0.3, -0.25) is 9.59 Å². The minimum absolute atomic E-state index is 0.0727. The van der Waals surface area contributed by atoms with Crippen molar-refractivity contribution >= 4 is 40.8 Å². The third-order valence-electron chi connectivity index (χ3n) is 5.09. The third kappa shape index (κ3) is 4.97. The molecular weight excluding hydrogens is 472 g/mol. The van der Waals surface area contributed by atoms with Gasteiger partial charge in [-0.1, -0.05) is 23.7 Å². The van der Waals surface area contributed by atoms with Crippen LogP contribution >= 0.6 is 11.6 Å². The van der Waals surface area contributed by atoms with Gasteiger partial charge < -0.3 is 19.5 Å². The number of halogens is 1. The Hall–Kier alpha value is -4.30. The average molecular weight is 493 g/mol. The number of imide groups is 1. The van der Waals surface area contributed by atoms with Crippen LogP contribution in [-0.2, 0) is 9.59 Å². The van der Waals surface area contributed by atoms with Crippen LogP contribution in [0, 0.1) is 0 Å². The number of anilines is 2. The highest BCUT2D eigenvalue weighted by molar-refractivity contribution is 6.53. The van der Waals surface area contributed by atoms with Crippen LogP contribution in [0.4, 0.5) is 11.4 Å². The van der Waals surface area contributed by atoms with E-state index in [0.717, 1.165) is 4.90 Å². The van der Waals surface area contributed by atoms with E-state index in [1.807, 2.05) is 0 Å². The van der Waals surface area contributed by atoms with Crippen molar-refractivity contribution in [2.75, 3.05) is 23.9 Å². The minimum Gasteiger partial charge on any atom is -0.497 e. The van der Waals surface area contributed by atoms with Crippen LogP contribution in [0.25, 0.3) is 0 Å². The summed E-state index contributed by atoms with van der Waals surface area (Å²) in [6.45, 7) is 2.17. The zero-order valence-corrected chi connectivity index (χ0v) is 19.7. The van der Waals surface area contributed by atoms with Crippen molar-refractivity contribution in [1.82, 2.24) is 0 Å². The lowest BCUT2D eigenvalue weighted by atomic mass is 10.2. The van der Waals surface area contributed by atoms with Gasteiger partial charge in [0.15, 0.2) is 0 Å². The second kappa shape index (κ2) is 10.3. The molecule has 9 heteroatoms. The Labute approximate surface area is 206 Å². The van der Waals surface area contributed by atoms with E-state index < -0.39 is 17.8 Å². The second-order valence-corrected chi connectivity index (χ2v) is 7.68. The molecule has 1 aliphatic heterocycles. The summed E-state index contributed by atoms with van der Waals surface area (Å²) in [6.07, 6.45) is 0. The number of nitrogens with zero attached hydrogens (tertiary/aromatic N) is 1. The van der Waals surface area contributed by atoms with Gasteiger partial charge in [0, 0.05) is 5.69 Å². The van der Waals surface area contributed by atoms with Gasteiger partial charge in [-0.05, 0) is 67.6 Å². The Bertz CT molecular complexity index is 1300. The molecule has 0 radical (unpaired) electrons. The quantitative estimate of drug-likeness (QED) is 0.275. The molecule has 0 fully saturated rings. The molecule has 0 saturated heterocycles. The van der Waals surface area contributed by atoms with Gasteiger partial charge in [-0.25, -0.2) is 9.69 Å². The highest BCUT2D eigenvalue weighted by Crippen LogP contribution is 2.35. The number of hydrogen-bond donors (Lipinski definition) is 1. The van der Waals surface area contributed by atoms with E-state index in [9.17, 15) is 14.4 Å². The molecule has 178 valence electrons. The number of benzene rings is 3. The van der Waals surface area contributed by atoms with Crippen molar-refractivity contribution in [1.29, 1.82) is 0 Å². The van der Waals surface area contributed by atoms with Gasteiger partial charge in [-0.15, -0.1) is 0 Å². The van der Waals surface area contributed by atoms with E-state index in [1.54, 1.807) is 74.7 Å². The summed E-state index contributed by atoms with van der Waals surface area (Å²) in [5.74, 6) is -0.418. The lowest BCUT2D eigenvalue weighted by Gasteiger charge is -2.18. The molecule has 1 aliphatic rings. The van der Waals surface area contributed by atoms with E-state index in [2.05, 4.69) is 5.32 Å². The Morgan fingerprint density at radius 2 is 1.57 bits per heavy atom. The van der Waals surface area contributed by atoms with Crippen LogP contribution in [0.5, 0.6) is 17.2 Å². The first-order valence-electron chi connectivity index (χ1n) is 10.7. The van der Waals surface area contributed by atoms with E-state index in [1.165, 1.54) is 12.1 Å². The number of ether oxygens (including phenoxy) is 3. The molecule has 3 aromatic carbocycles. The van der Waals surface area contributed by atoms with Gasteiger partial charge in [-0.2, -0.15) is 0 Å². The topological polar surface area (TPSA) is 94.2 Å². The number of hydrogen-bond acceptors (Lipinski definition) is 7. The molecule has 0 aliphatic carbocycles. The number of nitrogens with one attached hydrogen (secondary N) is 1. The molecule has 0 unspecified atom stereocenters. The standard InChI is InChI=1S/C26H21ClN2O6/c1-3-34-21-7-5-4-6-20(21)29-24(30)22(27)23(25(29)31)28-17-10-8-16(9-11-17)26(32)35-19-14-12-18(33-2)13-15-19/h4-15,28H,3H2,1-2H3. The van der Waals surface area contributed by atoms with Gasteiger partial charge in [0.05, 0.1) is 25.0 Å². The summed E-state index contributed by atoms with van der Waals surface area (Å²) < 4.78 is 16.0. The number of amides is 2. The van der Waals surface area contributed by atoms with Crippen LogP contribution in [0.1, 0.15) is 17.3 Å². The lowest BCUT2D eigenvalue weighted by molar-refractivity contribution is -0.120. The summed E-state index contributed by atoms with van der Waals surface area (Å²) in [5, 5.41) is 2.63. The molecule has 8 nitrogen and oxygen atoms in total. The molecule has 0 spiro atoms. The molecule has 0 atom stereocenters. The first-order chi connectivity index (χ1) is 16.9. The maximum absolute atomic E-state index is 13.1. The molecule has 0 bridgehead atoms. The molecule has 4 rings (SSSR count). The van der Waals surface area contributed by atoms with Gasteiger partial charge in [0.25, 0.3) is 11.8 Å². The molecular formula is C26H21ClN2O6. The smallest absolute Gasteiger partial charge is 0.343 e. The monoisotopic (exact) mass is 492 g/mol. The maximum atomic E-state index is 13.1. The fraction of sp³-hybridized carbons (Fsp3) is 0.115. The molecule has 35 heavy (non-hydrogen) atoms. The van der Waals surface area contributed by atoms with Crippen molar-refractivity contribution in [3.63, 3.8) is 0 Å². The van der Waals surface area contributed by atoms with Crippen LogP contribution < -0.4 is 24.4 Å². The Morgan fingerprint density at radius 3 is 2.23 bits per heavy atom. The van der Waals surface area contributed by atoms with Crippen molar-refractivity contribution < 1.29 is 28.6 Å². The first kappa shape index (κ1) is 23.8. The molecule has 1 heterocycles. The van der Waals surface area contributed by atoms with Gasteiger partial charge >= 0.3 is 5.97 Å². The molecule has 0 aromatic heterocycles. The molecule has 3 aromatic rings. The Kier molecular flexibility index (Phi) is 7.03. The first-order valence-corrected chi connectivity index (χ1v) is 11.0. The van der Waals surface area contributed by atoms with Crippen LogP contribution in [0.2, 0.25) is 0 Å². The normalized spacial score (nSPS) is 13.2. The fourth-order valence-corrected chi connectivity index (χ4v) is 3.61. The molecule has 2 amide bonds. The average Bonchev–Trinajstić information content (AvgIpc) is 3.08. The maximum Gasteiger partial charge on any atom is 0.343 e. The fourth-order valence-electron chi connectivity index (χ4n) is 3.39. The van der Waals surface area contributed by atoms with Crippen molar-refractivity contribution in [3.8, 4) is 17.2 Å². The zero-order chi connectivity index (χ0) is 24.9. The van der Waals surface area contributed by atoms with Crippen LogP contribution in [0.15, 0.2) is 83.5 Å². The highest BCUT2D eigenvalue weighted by Gasteiger charge is 2.40. The van der Waals surface area contributed by atoms with Crippen molar-refractivity contribution in [3.05, 3.63) is 89.1 Å². The summed E-state index contributed by atoms with van der Waals surface area (Å²) >= 11 is 6.22. The minimum atomic E-state index is -0.661.